The molecule has 24 heavy (non-hydrogen) atoms. The van der Waals surface area contributed by atoms with Gasteiger partial charge in [0.1, 0.15) is 11.1 Å². The normalized spacial score (nSPS) is 20.7. The number of oxazole rings is 1. The van der Waals surface area contributed by atoms with Crippen LogP contribution in [0.4, 0.5) is 6.01 Å². The van der Waals surface area contributed by atoms with Crippen molar-refractivity contribution in [3.8, 4) is 0 Å². The van der Waals surface area contributed by atoms with Crippen LogP contribution in [-0.2, 0) is 10.3 Å². The number of aryl methyl sites for hydroxylation is 1. The van der Waals surface area contributed by atoms with E-state index in [4.69, 9.17) is 8.94 Å². The van der Waals surface area contributed by atoms with Crippen molar-refractivity contribution in [3.05, 3.63) is 36.0 Å². The fraction of sp³-hybridized carbons (Fsp3) is 0.375. The third-order valence-corrected chi connectivity index (χ3v) is 4.19. The van der Waals surface area contributed by atoms with E-state index in [1.807, 2.05) is 29.2 Å². The average Bonchev–Trinajstić information content (AvgIpc) is 3.24. The summed E-state index contributed by atoms with van der Waals surface area (Å²) in [5.74, 6) is 0.806. The minimum atomic E-state index is -0.704. The molecule has 2 aromatic heterocycles. The molecule has 0 unspecified atom stereocenters. The number of anilines is 1. The van der Waals surface area contributed by atoms with Crippen LogP contribution in [0.1, 0.15) is 25.1 Å². The number of carbonyl (C=O) groups excluding carboxylic acids is 1. The molecule has 0 aliphatic carbocycles. The molecule has 4 rings (SSSR count). The molecule has 3 aromatic rings. The first-order chi connectivity index (χ1) is 11.6. The zero-order chi connectivity index (χ0) is 16.7. The summed E-state index contributed by atoms with van der Waals surface area (Å²) in [4.78, 5) is 22.5. The maximum Gasteiger partial charge on any atom is 0.298 e. The molecular weight excluding hydrogens is 310 g/mol. The number of benzene rings is 1. The Morgan fingerprint density at radius 2 is 2.17 bits per heavy atom. The van der Waals surface area contributed by atoms with Crippen LogP contribution >= 0.6 is 0 Å². The molecule has 0 bridgehead atoms. The van der Waals surface area contributed by atoms with Crippen LogP contribution < -0.4 is 10.2 Å². The highest BCUT2D eigenvalue weighted by Gasteiger charge is 2.45. The van der Waals surface area contributed by atoms with Gasteiger partial charge in [-0.05, 0) is 18.6 Å². The number of amides is 1. The standard InChI is InChI=1S/C16H17N5O3/c1-10(22)19-16(14-17-11(2)24-20-14)7-8-21(9-16)15-18-12-5-3-4-6-13(12)23-15/h3-6H,7-9H2,1-2H3,(H,19,22)/t16-/m1/s1. The van der Waals surface area contributed by atoms with E-state index in [0.29, 0.717) is 37.2 Å². The van der Waals surface area contributed by atoms with E-state index in [1.165, 1.54) is 6.92 Å². The van der Waals surface area contributed by atoms with Crippen molar-refractivity contribution in [2.75, 3.05) is 18.0 Å². The second-order valence-corrected chi connectivity index (χ2v) is 6.04. The summed E-state index contributed by atoms with van der Waals surface area (Å²) in [6.45, 7) is 4.35. The largest absolute Gasteiger partial charge is 0.423 e. The number of aromatic nitrogens is 3. The number of rotatable bonds is 3. The highest BCUT2D eigenvalue weighted by molar-refractivity contribution is 5.75. The molecule has 1 aliphatic heterocycles. The smallest absolute Gasteiger partial charge is 0.298 e. The summed E-state index contributed by atoms with van der Waals surface area (Å²) >= 11 is 0. The molecule has 1 aliphatic rings. The predicted octanol–water partition coefficient (Wildman–Crippen LogP) is 1.76. The van der Waals surface area contributed by atoms with E-state index in [1.54, 1.807) is 6.92 Å². The summed E-state index contributed by atoms with van der Waals surface area (Å²) < 4.78 is 10.9. The Labute approximate surface area is 137 Å². The van der Waals surface area contributed by atoms with E-state index in [9.17, 15) is 4.79 Å². The number of hydrogen-bond acceptors (Lipinski definition) is 7. The van der Waals surface area contributed by atoms with E-state index < -0.39 is 5.54 Å². The number of nitrogens with one attached hydrogen (secondary N) is 1. The lowest BCUT2D eigenvalue weighted by Crippen LogP contribution is -2.48. The molecule has 0 radical (unpaired) electrons. The van der Waals surface area contributed by atoms with Crippen molar-refractivity contribution in [2.45, 2.75) is 25.8 Å². The molecule has 0 saturated carbocycles. The lowest BCUT2D eigenvalue weighted by Gasteiger charge is -2.26. The van der Waals surface area contributed by atoms with Gasteiger partial charge in [0.15, 0.2) is 11.4 Å². The Bertz CT molecular complexity index is 869. The zero-order valence-electron chi connectivity index (χ0n) is 13.4. The molecule has 1 fully saturated rings. The van der Waals surface area contributed by atoms with Crippen LogP contribution in [0.2, 0.25) is 0 Å². The van der Waals surface area contributed by atoms with Gasteiger partial charge in [-0.15, -0.1) is 0 Å². The van der Waals surface area contributed by atoms with Crippen molar-refractivity contribution >= 4 is 23.0 Å². The third-order valence-electron chi connectivity index (χ3n) is 4.19. The fourth-order valence-electron chi connectivity index (χ4n) is 3.14. The van der Waals surface area contributed by atoms with E-state index in [-0.39, 0.29) is 5.91 Å². The van der Waals surface area contributed by atoms with E-state index in [0.717, 1.165) is 11.1 Å². The summed E-state index contributed by atoms with van der Waals surface area (Å²) in [7, 11) is 0. The van der Waals surface area contributed by atoms with E-state index in [2.05, 4.69) is 20.4 Å². The van der Waals surface area contributed by atoms with Gasteiger partial charge in [-0.25, -0.2) is 0 Å². The topological polar surface area (TPSA) is 97.3 Å². The third kappa shape index (κ3) is 2.40. The number of carbonyl (C=O) groups is 1. The highest BCUT2D eigenvalue weighted by Crippen LogP contribution is 2.34. The summed E-state index contributed by atoms with van der Waals surface area (Å²) in [5, 5.41) is 7.00. The number of hydrogen-bond donors (Lipinski definition) is 1. The molecule has 8 heteroatoms. The number of fused-ring (bicyclic) bond motifs is 1. The second-order valence-electron chi connectivity index (χ2n) is 6.04. The lowest BCUT2D eigenvalue weighted by atomic mass is 9.97. The van der Waals surface area contributed by atoms with E-state index >= 15 is 0 Å². The second kappa shape index (κ2) is 5.33. The molecule has 1 atom stereocenters. The average molecular weight is 327 g/mol. The Balaban J connectivity index is 1.67. The van der Waals surface area contributed by atoms with Gasteiger partial charge in [-0.1, -0.05) is 17.3 Å². The van der Waals surface area contributed by atoms with Gasteiger partial charge in [0, 0.05) is 20.4 Å². The minimum absolute atomic E-state index is 0.142. The monoisotopic (exact) mass is 327 g/mol. The summed E-state index contributed by atoms with van der Waals surface area (Å²) in [6.07, 6.45) is 0.643. The van der Waals surface area contributed by atoms with Crippen molar-refractivity contribution in [1.82, 2.24) is 20.4 Å². The van der Waals surface area contributed by atoms with Gasteiger partial charge in [-0.3, -0.25) is 4.79 Å². The fourth-order valence-corrected chi connectivity index (χ4v) is 3.14. The number of nitrogens with zero attached hydrogens (tertiary/aromatic N) is 4. The molecule has 1 aromatic carbocycles. The molecular formula is C16H17N5O3. The van der Waals surface area contributed by atoms with Crippen molar-refractivity contribution in [3.63, 3.8) is 0 Å². The first kappa shape index (κ1) is 14.7. The highest BCUT2D eigenvalue weighted by atomic mass is 16.5. The van der Waals surface area contributed by atoms with Gasteiger partial charge in [-0.2, -0.15) is 9.97 Å². The quantitative estimate of drug-likeness (QED) is 0.782. The Kier molecular flexibility index (Phi) is 3.26. The maximum absolute atomic E-state index is 11.7. The molecule has 1 amide bonds. The lowest BCUT2D eigenvalue weighted by molar-refractivity contribution is -0.120. The maximum atomic E-state index is 11.7. The predicted molar refractivity (Wildman–Crippen MR) is 85.4 cm³/mol. The van der Waals surface area contributed by atoms with Crippen LogP contribution in [0.15, 0.2) is 33.2 Å². The van der Waals surface area contributed by atoms with Gasteiger partial charge in [0.2, 0.25) is 11.8 Å². The molecule has 8 nitrogen and oxygen atoms in total. The SMILES string of the molecule is CC(=O)N[C@]1(c2noc(C)n2)CCN(c2nc3ccccc3o2)C1. The Morgan fingerprint density at radius 3 is 2.88 bits per heavy atom. The van der Waals surface area contributed by atoms with Gasteiger partial charge < -0.3 is 19.2 Å². The van der Waals surface area contributed by atoms with Gasteiger partial charge in [0.25, 0.3) is 6.01 Å². The van der Waals surface area contributed by atoms with Gasteiger partial charge >= 0.3 is 0 Å². The van der Waals surface area contributed by atoms with Crippen LogP contribution in [0, 0.1) is 6.92 Å². The molecule has 0 spiro atoms. The first-order valence-electron chi connectivity index (χ1n) is 7.76. The van der Waals surface area contributed by atoms with Gasteiger partial charge in [0.05, 0.1) is 6.54 Å². The molecule has 124 valence electrons. The van der Waals surface area contributed by atoms with Crippen molar-refractivity contribution in [2.24, 2.45) is 0 Å². The van der Waals surface area contributed by atoms with Crippen LogP contribution in [0.3, 0.4) is 0 Å². The van der Waals surface area contributed by atoms with Crippen LogP contribution in [0.5, 0.6) is 0 Å². The molecule has 1 saturated heterocycles. The minimum Gasteiger partial charge on any atom is -0.423 e. The molecule has 3 heterocycles. The Hall–Kier alpha value is -2.90. The number of para-hydroxylation sites is 2. The zero-order valence-corrected chi connectivity index (χ0v) is 13.4. The Morgan fingerprint density at radius 1 is 1.33 bits per heavy atom. The van der Waals surface area contributed by atoms with Crippen LogP contribution in [0.25, 0.3) is 11.1 Å². The summed E-state index contributed by atoms with van der Waals surface area (Å²) in [6, 6.07) is 8.14. The van der Waals surface area contributed by atoms with Crippen molar-refractivity contribution < 1.29 is 13.7 Å². The van der Waals surface area contributed by atoms with Crippen molar-refractivity contribution in [1.29, 1.82) is 0 Å². The summed E-state index contributed by atoms with van der Waals surface area (Å²) in [5.41, 5.74) is 0.837. The first-order valence-corrected chi connectivity index (χ1v) is 7.76. The molecule has 1 N–H and O–H groups in total. The van der Waals surface area contributed by atoms with Crippen LogP contribution in [-0.4, -0.2) is 34.1 Å².